The van der Waals surface area contributed by atoms with E-state index in [1.807, 2.05) is 0 Å². The third kappa shape index (κ3) is 3.66. The van der Waals surface area contributed by atoms with E-state index in [1.54, 1.807) is 0 Å². The Morgan fingerprint density at radius 1 is 1.21 bits per heavy atom. The van der Waals surface area contributed by atoms with Gasteiger partial charge in [0, 0.05) is 12.1 Å². The first-order valence-electron chi connectivity index (χ1n) is 6.27. The molecule has 1 heterocycles. The molecule has 0 aliphatic carbocycles. The maximum atomic E-state index is 14.0. The maximum absolute atomic E-state index is 14.0. The van der Waals surface area contributed by atoms with Gasteiger partial charge in [-0.15, -0.1) is 0 Å². The molecule has 5 nitrogen and oxygen atoms in total. The van der Waals surface area contributed by atoms with Crippen molar-refractivity contribution in [3.63, 3.8) is 0 Å². The molecule has 0 amide bonds. The van der Waals surface area contributed by atoms with Crippen molar-refractivity contribution >= 4 is 15.9 Å². The fraction of sp³-hybridized carbons (Fsp3) is 0.231. The molecule has 0 fully saturated rings. The third-order valence-electron chi connectivity index (χ3n) is 2.82. The number of benzene rings is 1. The van der Waals surface area contributed by atoms with Crippen LogP contribution in [0.2, 0.25) is 0 Å². The normalized spacial score (nSPS) is 11.6. The number of ether oxygens (including phenoxy) is 1. The Balaban J connectivity index is 2.64. The summed E-state index contributed by atoms with van der Waals surface area (Å²) in [5.41, 5.74) is -5.05. The van der Waals surface area contributed by atoms with E-state index in [4.69, 9.17) is 4.74 Å². The monoisotopic (exact) mass is 414 g/mol. The zero-order chi connectivity index (χ0) is 18.1. The van der Waals surface area contributed by atoms with Gasteiger partial charge >= 0.3 is 11.9 Å². The molecule has 0 radical (unpaired) electrons. The number of hydrogen-bond acceptors (Lipinski definition) is 3. The highest BCUT2D eigenvalue weighted by Gasteiger charge is 2.33. The molecule has 24 heavy (non-hydrogen) atoms. The molecule has 0 atom stereocenters. The number of nitrogens with zero attached hydrogens (tertiary/aromatic N) is 1. The SMILES string of the molecule is O=c1cc(C(F)(F)F)[nH]c(=O)n1-c1cc(OCCF)c(Br)cc1F. The van der Waals surface area contributed by atoms with Crippen LogP contribution in [0.1, 0.15) is 5.69 Å². The second-order valence-electron chi connectivity index (χ2n) is 4.43. The average molecular weight is 415 g/mol. The second kappa shape index (κ2) is 6.75. The Bertz CT molecular complexity index is 844. The Hall–Kier alpha value is -2.17. The standard InChI is InChI=1S/C13H8BrF5N2O3/c14-6-3-7(16)8(4-9(6)24-2-1-15)21-11(22)5-10(13(17,18)19)20-12(21)23/h3-5H,1-2H2,(H,20,23). The van der Waals surface area contributed by atoms with Crippen molar-refractivity contribution in [1.29, 1.82) is 0 Å². The summed E-state index contributed by atoms with van der Waals surface area (Å²) in [4.78, 5) is 25.1. The second-order valence-corrected chi connectivity index (χ2v) is 5.29. The summed E-state index contributed by atoms with van der Waals surface area (Å²) >= 11 is 2.95. The quantitative estimate of drug-likeness (QED) is 0.782. The van der Waals surface area contributed by atoms with Gasteiger partial charge in [0.2, 0.25) is 0 Å². The van der Waals surface area contributed by atoms with Gasteiger partial charge in [0.1, 0.15) is 30.5 Å². The fourth-order valence-electron chi connectivity index (χ4n) is 1.83. The van der Waals surface area contributed by atoms with Crippen molar-refractivity contribution in [3.8, 4) is 11.4 Å². The van der Waals surface area contributed by atoms with E-state index in [9.17, 15) is 31.5 Å². The highest BCUT2D eigenvalue weighted by Crippen LogP contribution is 2.30. The van der Waals surface area contributed by atoms with E-state index in [0.717, 1.165) is 12.1 Å². The van der Waals surface area contributed by atoms with Crippen molar-refractivity contribution in [2.75, 3.05) is 13.3 Å². The number of halogens is 6. The van der Waals surface area contributed by atoms with Crippen LogP contribution >= 0.6 is 15.9 Å². The Morgan fingerprint density at radius 3 is 2.42 bits per heavy atom. The van der Waals surface area contributed by atoms with Crippen molar-refractivity contribution in [2.45, 2.75) is 6.18 Å². The third-order valence-corrected chi connectivity index (χ3v) is 3.43. The van der Waals surface area contributed by atoms with Crippen LogP contribution in [0.4, 0.5) is 22.0 Å². The molecule has 0 aliphatic rings. The maximum Gasteiger partial charge on any atom is 0.431 e. The first-order chi connectivity index (χ1) is 11.1. The minimum Gasteiger partial charge on any atom is -0.490 e. The molecular formula is C13H8BrF5N2O3. The summed E-state index contributed by atoms with van der Waals surface area (Å²) in [7, 11) is 0. The van der Waals surface area contributed by atoms with Crippen LogP contribution in [-0.4, -0.2) is 22.8 Å². The molecule has 0 saturated heterocycles. The van der Waals surface area contributed by atoms with Crippen LogP contribution in [0, 0.1) is 5.82 Å². The molecule has 130 valence electrons. The molecule has 0 bridgehead atoms. The lowest BCUT2D eigenvalue weighted by atomic mass is 10.2. The minimum absolute atomic E-state index is 0.0774. The van der Waals surface area contributed by atoms with Gasteiger partial charge in [-0.3, -0.25) is 4.79 Å². The molecule has 2 aromatic rings. The number of alkyl halides is 4. The van der Waals surface area contributed by atoms with Gasteiger partial charge in [-0.25, -0.2) is 18.1 Å². The van der Waals surface area contributed by atoms with Gasteiger partial charge in [0.25, 0.3) is 5.56 Å². The summed E-state index contributed by atoms with van der Waals surface area (Å²) in [5.74, 6) is -1.16. The lowest BCUT2D eigenvalue weighted by Crippen LogP contribution is -2.36. The predicted octanol–water partition coefficient (Wildman–Crippen LogP) is 2.79. The molecule has 0 aliphatic heterocycles. The van der Waals surface area contributed by atoms with E-state index in [2.05, 4.69) is 15.9 Å². The van der Waals surface area contributed by atoms with Gasteiger partial charge in [-0.05, 0) is 22.0 Å². The van der Waals surface area contributed by atoms with Crippen molar-refractivity contribution < 1.29 is 26.7 Å². The van der Waals surface area contributed by atoms with E-state index in [0.29, 0.717) is 0 Å². The van der Waals surface area contributed by atoms with E-state index >= 15 is 0 Å². The van der Waals surface area contributed by atoms with E-state index in [1.165, 1.54) is 4.98 Å². The van der Waals surface area contributed by atoms with Crippen LogP contribution in [0.25, 0.3) is 5.69 Å². The average Bonchev–Trinajstić information content (AvgIpc) is 2.46. The highest BCUT2D eigenvalue weighted by molar-refractivity contribution is 9.10. The molecule has 1 aromatic carbocycles. The summed E-state index contributed by atoms with van der Waals surface area (Å²) in [6, 6.07) is 1.87. The lowest BCUT2D eigenvalue weighted by molar-refractivity contribution is -0.141. The Kier molecular flexibility index (Phi) is 5.11. The molecule has 0 saturated carbocycles. The van der Waals surface area contributed by atoms with Gasteiger partial charge in [0.15, 0.2) is 0 Å². The zero-order valence-electron chi connectivity index (χ0n) is 11.6. The Morgan fingerprint density at radius 2 is 1.88 bits per heavy atom. The van der Waals surface area contributed by atoms with Crippen molar-refractivity contribution in [1.82, 2.24) is 9.55 Å². The molecule has 2 rings (SSSR count). The Labute approximate surface area is 138 Å². The largest absolute Gasteiger partial charge is 0.490 e. The van der Waals surface area contributed by atoms with Crippen LogP contribution in [-0.2, 0) is 6.18 Å². The number of aromatic amines is 1. The first kappa shape index (κ1) is 18.2. The van der Waals surface area contributed by atoms with E-state index < -0.39 is 41.3 Å². The zero-order valence-corrected chi connectivity index (χ0v) is 13.2. The van der Waals surface area contributed by atoms with Gasteiger partial charge in [-0.1, -0.05) is 0 Å². The molecule has 0 unspecified atom stereocenters. The minimum atomic E-state index is -4.94. The predicted molar refractivity (Wildman–Crippen MR) is 76.8 cm³/mol. The van der Waals surface area contributed by atoms with Gasteiger partial charge in [0.05, 0.1) is 10.2 Å². The fourth-order valence-corrected chi connectivity index (χ4v) is 2.25. The smallest absolute Gasteiger partial charge is 0.431 e. The van der Waals surface area contributed by atoms with Gasteiger partial charge in [-0.2, -0.15) is 13.2 Å². The first-order valence-corrected chi connectivity index (χ1v) is 7.06. The number of rotatable bonds is 4. The van der Waals surface area contributed by atoms with Crippen LogP contribution in [0.3, 0.4) is 0 Å². The topological polar surface area (TPSA) is 64.1 Å². The molecular weight excluding hydrogens is 407 g/mol. The van der Waals surface area contributed by atoms with Crippen LogP contribution in [0.5, 0.6) is 5.75 Å². The van der Waals surface area contributed by atoms with Crippen molar-refractivity contribution in [2.24, 2.45) is 0 Å². The molecule has 1 aromatic heterocycles. The molecule has 1 N–H and O–H groups in total. The van der Waals surface area contributed by atoms with Crippen LogP contribution < -0.4 is 16.0 Å². The lowest BCUT2D eigenvalue weighted by Gasteiger charge is -2.12. The number of aromatic nitrogens is 2. The number of H-pyrrole nitrogens is 1. The summed E-state index contributed by atoms with van der Waals surface area (Å²) in [6.07, 6.45) is -4.94. The highest BCUT2D eigenvalue weighted by atomic mass is 79.9. The van der Waals surface area contributed by atoms with E-state index in [-0.39, 0.29) is 27.5 Å². The summed E-state index contributed by atoms with van der Waals surface area (Å²) in [6.45, 7) is -1.22. The summed E-state index contributed by atoms with van der Waals surface area (Å²) < 4.78 is 69.1. The molecule has 0 spiro atoms. The van der Waals surface area contributed by atoms with Crippen molar-refractivity contribution in [3.05, 3.63) is 55.0 Å². The molecule has 11 heteroatoms. The summed E-state index contributed by atoms with van der Waals surface area (Å²) in [5, 5.41) is 0. The van der Waals surface area contributed by atoms with Crippen LogP contribution in [0.15, 0.2) is 32.3 Å². The number of nitrogens with one attached hydrogen (secondary N) is 1. The van der Waals surface area contributed by atoms with Gasteiger partial charge < -0.3 is 9.72 Å². The number of hydrogen-bond donors (Lipinski definition) is 1.